The first-order chi connectivity index (χ1) is 11.0. The van der Waals surface area contributed by atoms with Gasteiger partial charge in [0.15, 0.2) is 5.58 Å². The summed E-state index contributed by atoms with van der Waals surface area (Å²) in [7, 11) is 1.68. The minimum absolute atomic E-state index is 0.0260. The zero-order valence-corrected chi connectivity index (χ0v) is 13.3. The molecule has 4 rings (SSSR count). The van der Waals surface area contributed by atoms with Crippen molar-refractivity contribution in [2.75, 3.05) is 0 Å². The van der Waals surface area contributed by atoms with Crippen LogP contribution in [0.5, 0.6) is 0 Å². The number of benzene rings is 3. The Labute approximate surface area is 136 Å². The lowest BCUT2D eigenvalue weighted by Gasteiger charge is -2.03. The summed E-state index contributed by atoms with van der Waals surface area (Å²) in [6.07, 6.45) is 0. The maximum atomic E-state index is 11.9. The van der Waals surface area contributed by atoms with E-state index in [1.54, 1.807) is 18.2 Å². The van der Waals surface area contributed by atoms with Crippen molar-refractivity contribution in [2.45, 2.75) is 4.90 Å². The van der Waals surface area contributed by atoms with Crippen LogP contribution >= 0.6 is 10.7 Å². The fourth-order valence-electron chi connectivity index (χ4n) is 2.63. The van der Waals surface area contributed by atoms with Crippen LogP contribution in [0.2, 0.25) is 0 Å². The van der Waals surface area contributed by atoms with Crippen LogP contribution in [0.3, 0.4) is 0 Å². The average Bonchev–Trinajstić information content (AvgIpc) is 2.98. The Morgan fingerprint density at radius 3 is 2.26 bits per heavy atom. The molecule has 1 heterocycles. The van der Waals surface area contributed by atoms with E-state index in [0.29, 0.717) is 27.8 Å². The van der Waals surface area contributed by atoms with E-state index < -0.39 is 9.05 Å². The number of halogens is 1. The standard InChI is InChI=1S/C17H10ClNO3S/c18-23(20,21)15-10-14-16(13-9-5-4-8-12(13)15)19-17(22-14)11-6-2-1-3-7-11/h1-10H. The van der Waals surface area contributed by atoms with Gasteiger partial charge in [0.05, 0.1) is 4.90 Å². The highest BCUT2D eigenvalue weighted by molar-refractivity contribution is 8.14. The highest BCUT2D eigenvalue weighted by Gasteiger charge is 2.20. The van der Waals surface area contributed by atoms with Gasteiger partial charge in [0.25, 0.3) is 9.05 Å². The minimum Gasteiger partial charge on any atom is -0.436 e. The van der Waals surface area contributed by atoms with Gasteiger partial charge < -0.3 is 4.42 Å². The van der Waals surface area contributed by atoms with Gasteiger partial charge in [-0.1, -0.05) is 42.5 Å². The number of nitrogens with zero attached hydrogens (tertiary/aromatic N) is 1. The largest absolute Gasteiger partial charge is 0.436 e. The molecule has 6 heteroatoms. The Balaban J connectivity index is 2.11. The molecule has 4 aromatic rings. The molecule has 0 atom stereocenters. The number of hydrogen-bond donors (Lipinski definition) is 0. The van der Waals surface area contributed by atoms with Crippen molar-refractivity contribution in [3.05, 3.63) is 60.7 Å². The van der Waals surface area contributed by atoms with Crippen LogP contribution < -0.4 is 0 Å². The van der Waals surface area contributed by atoms with Gasteiger partial charge in [-0.25, -0.2) is 13.4 Å². The van der Waals surface area contributed by atoms with Crippen molar-refractivity contribution in [3.63, 3.8) is 0 Å². The molecule has 0 saturated carbocycles. The Kier molecular flexibility index (Phi) is 3.14. The highest BCUT2D eigenvalue weighted by Crippen LogP contribution is 2.34. The third-order valence-corrected chi connectivity index (χ3v) is 5.01. The van der Waals surface area contributed by atoms with Crippen molar-refractivity contribution in [2.24, 2.45) is 0 Å². The Bertz CT molecular complexity index is 1130. The minimum atomic E-state index is -3.89. The zero-order valence-electron chi connectivity index (χ0n) is 11.7. The highest BCUT2D eigenvalue weighted by atomic mass is 35.7. The summed E-state index contributed by atoms with van der Waals surface area (Å²) in [5.41, 5.74) is 1.83. The van der Waals surface area contributed by atoms with Gasteiger partial charge in [-0.3, -0.25) is 0 Å². The molecule has 1 aromatic heterocycles. The molecule has 3 aromatic carbocycles. The van der Waals surface area contributed by atoms with Crippen molar-refractivity contribution >= 4 is 41.6 Å². The van der Waals surface area contributed by atoms with Gasteiger partial charge in [0.2, 0.25) is 5.89 Å². The Morgan fingerprint density at radius 2 is 1.57 bits per heavy atom. The van der Waals surface area contributed by atoms with Crippen molar-refractivity contribution in [3.8, 4) is 11.5 Å². The molecule has 0 aliphatic rings. The van der Waals surface area contributed by atoms with Gasteiger partial charge in [0, 0.05) is 33.1 Å². The molecular weight excluding hydrogens is 334 g/mol. The summed E-state index contributed by atoms with van der Waals surface area (Å²) in [4.78, 5) is 4.56. The number of fused-ring (bicyclic) bond motifs is 3. The van der Waals surface area contributed by atoms with Gasteiger partial charge in [-0.05, 0) is 12.1 Å². The van der Waals surface area contributed by atoms with Crippen LogP contribution in [0.4, 0.5) is 0 Å². The maximum Gasteiger partial charge on any atom is 0.262 e. The molecule has 0 aliphatic heterocycles. The third kappa shape index (κ3) is 2.38. The lowest BCUT2D eigenvalue weighted by molar-refractivity contribution is 0.607. The van der Waals surface area contributed by atoms with Gasteiger partial charge in [-0.15, -0.1) is 0 Å². The number of hydrogen-bond acceptors (Lipinski definition) is 4. The third-order valence-electron chi connectivity index (χ3n) is 3.65. The summed E-state index contributed by atoms with van der Waals surface area (Å²) in [6.45, 7) is 0. The van der Waals surface area contributed by atoms with E-state index >= 15 is 0 Å². The molecule has 0 aliphatic carbocycles. The molecule has 0 saturated heterocycles. The second-order valence-electron chi connectivity index (χ2n) is 5.09. The molecule has 0 N–H and O–H groups in total. The summed E-state index contributed by atoms with van der Waals surface area (Å²) in [6, 6.07) is 18.0. The molecule has 0 radical (unpaired) electrons. The van der Waals surface area contributed by atoms with Crippen molar-refractivity contribution in [1.82, 2.24) is 4.98 Å². The molecule has 23 heavy (non-hydrogen) atoms. The fourth-order valence-corrected chi connectivity index (χ4v) is 3.70. The predicted octanol–water partition coefficient (Wildman–Crippen LogP) is 4.58. The van der Waals surface area contributed by atoms with E-state index in [1.807, 2.05) is 36.4 Å². The predicted molar refractivity (Wildman–Crippen MR) is 90.0 cm³/mol. The van der Waals surface area contributed by atoms with E-state index in [9.17, 15) is 8.42 Å². The lowest BCUT2D eigenvalue weighted by Crippen LogP contribution is -1.92. The molecule has 0 fully saturated rings. The second kappa shape index (κ2) is 5.08. The lowest BCUT2D eigenvalue weighted by atomic mass is 10.1. The summed E-state index contributed by atoms with van der Waals surface area (Å²) < 4.78 is 29.5. The van der Waals surface area contributed by atoms with Crippen molar-refractivity contribution in [1.29, 1.82) is 0 Å². The van der Waals surface area contributed by atoms with Crippen LogP contribution in [0.25, 0.3) is 33.3 Å². The molecular formula is C17H10ClNO3S. The second-order valence-corrected chi connectivity index (χ2v) is 7.62. The molecule has 0 unspecified atom stereocenters. The summed E-state index contributed by atoms with van der Waals surface area (Å²) >= 11 is 0. The first kappa shape index (κ1) is 14.2. The van der Waals surface area contributed by atoms with Crippen LogP contribution in [0, 0.1) is 0 Å². The topological polar surface area (TPSA) is 60.2 Å². The summed E-state index contributed by atoms with van der Waals surface area (Å²) in [5.74, 6) is 0.440. The van der Waals surface area contributed by atoms with Crippen molar-refractivity contribution < 1.29 is 12.8 Å². The quantitative estimate of drug-likeness (QED) is 0.500. The molecule has 0 spiro atoms. The zero-order chi connectivity index (χ0) is 16.0. The molecule has 0 bridgehead atoms. The van der Waals surface area contributed by atoms with Crippen LogP contribution in [-0.4, -0.2) is 13.4 Å². The van der Waals surface area contributed by atoms with Gasteiger partial charge in [0.1, 0.15) is 5.52 Å². The number of rotatable bonds is 2. The Hall–Kier alpha value is -2.37. The molecule has 0 amide bonds. The van der Waals surface area contributed by atoms with E-state index in [4.69, 9.17) is 15.1 Å². The molecule has 114 valence electrons. The van der Waals surface area contributed by atoms with Gasteiger partial charge in [-0.2, -0.15) is 0 Å². The SMILES string of the molecule is O=S(=O)(Cl)c1cc2oc(-c3ccccc3)nc2c2ccccc12. The van der Waals surface area contributed by atoms with E-state index in [0.717, 1.165) is 5.56 Å². The van der Waals surface area contributed by atoms with Crippen LogP contribution in [0.15, 0.2) is 70.0 Å². The summed E-state index contributed by atoms with van der Waals surface area (Å²) in [5, 5.41) is 1.22. The Morgan fingerprint density at radius 1 is 0.913 bits per heavy atom. The van der Waals surface area contributed by atoms with Crippen LogP contribution in [-0.2, 0) is 9.05 Å². The van der Waals surface area contributed by atoms with Crippen LogP contribution in [0.1, 0.15) is 0 Å². The van der Waals surface area contributed by atoms with Gasteiger partial charge >= 0.3 is 0 Å². The maximum absolute atomic E-state index is 11.9. The number of aromatic nitrogens is 1. The number of oxazole rings is 1. The van der Waals surface area contributed by atoms with E-state index in [1.165, 1.54) is 6.07 Å². The smallest absolute Gasteiger partial charge is 0.262 e. The first-order valence-electron chi connectivity index (χ1n) is 6.86. The molecule has 4 nitrogen and oxygen atoms in total. The fraction of sp³-hybridized carbons (Fsp3) is 0. The van der Waals surface area contributed by atoms with E-state index in [-0.39, 0.29) is 4.90 Å². The first-order valence-corrected chi connectivity index (χ1v) is 9.17. The normalized spacial score (nSPS) is 12.0. The van der Waals surface area contributed by atoms with E-state index in [2.05, 4.69) is 4.98 Å². The monoisotopic (exact) mass is 343 g/mol. The average molecular weight is 344 g/mol.